The number of nitrogens with one attached hydrogen (secondary N) is 2. The average molecular weight is 589 g/mol. The number of nitrogens with zero attached hydrogens (tertiary/aromatic N) is 2. The number of benzene rings is 4. The second kappa shape index (κ2) is 13.4. The van der Waals surface area contributed by atoms with Gasteiger partial charge in [-0.2, -0.15) is 9.41 Å². The molecule has 2 amide bonds. The lowest BCUT2D eigenvalue weighted by Crippen LogP contribution is -2.30. The third kappa shape index (κ3) is 8.11. The largest absolute Gasteiger partial charge is 0.326 e. The van der Waals surface area contributed by atoms with Crippen molar-refractivity contribution in [2.75, 3.05) is 5.32 Å². The normalized spacial score (nSPS) is 11.8. The van der Waals surface area contributed by atoms with Crippen molar-refractivity contribution in [1.82, 2.24) is 9.73 Å². The van der Waals surface area contributed by atoms with Crippen molar-refractivity contribution in [2.45, 2.75) is 31.8 Å². The van der Waals surface area contributed by atoms with Gasteiger partial charge in [0.05, 0.1) is 10.6 Å². The van der Waals surface area contributed by atoms with Crippen molar-refractivity contribution in [3.63, 3.8) is 0 Å². The predicted molar refractivity (Wildman–Crippen MR) is 161 cm³/mol. The van der Waals surface area contributed by atoms with Crippen LogP contribution in [0.25, 0.3) is 0 Å². The van der Waals surface area contributed by atoms with Gasteiger partial charge in [-0.05, 0) is 72.1 Å². The number of hydrogen-bond acceptors (Lipinski definition) is 5. The van der Waals surface area contributed by atoms with E-state index in [-0.39, 0.29) is 23.9 Å². The molecule has 2 N–H and O–H groups in total. The first-order valence-electron chi connectivity index (χ1n) is 12.7. The summed E-state index contributed by atoms with van der Waals surface area (Å²) in [6, 6.07) is 29.2. The predicted octanol–water partition coefficient (Wildman–Crippen LogP) is 5.84. The van der Waals surface area contributed by atoms with Gasteiger partial charge in [-0.15, -0.1) is 0 Å². The zero-order valence-electron chi connectivity index (χ0n) is 22.5. The Labute approximate surface area is 244 Å². The first-order chi connectivity index (χ1) is 19.6. The number of halogens is 1. The van der Waals surface area contributed by atoms with Gasteiger partial charge in [0, 0.05) is 36.3 Å². The standard InChI is InChI=1S/C31H29ClN4O4S/c1-22(27-9-6-10-29(19-27)33-23(2)37)34-35-31(38)26-13-11-25(12-14-26)21-36(20-24-7-4-3-5-8-24)41(39,40)30-17-15-28(32)16-18-30/h3-19H,20-21H2,1-2H3,(H,33,37)(H,35,38)/b34-22+. The molecule has 4 rings (SSSR count). The number of hydrogen-bond donors (Lipinski definition) is 2. The van der Waals surface area contributed by atoms with E-state index in [1.165, 1.54) is 23.4 Å². The van der Waals surface area contributed by atoms with E-state index >= 15 is 0 Å². The highest BCUT2D eigenvalue weighted by molar-refractivity contribution is 7.89. The summed E-state index contributed by atoms with van der Waals surface area (Å²) in [5.41, 5.74) is 6.40. The molecule has 0 radical (unpaired) electrons. The maximum Gasteiger partial charge on any atom is 0.271 e. The summed E-state index contributed by atoms with van der Waals surface area (Å²) >= 11 is 5.97. The van der Waals surface area contributed by atoms with Gasteiger partial charge < -0.3 is 5.32 Å². The molecule has 0 fully saturated rings. The summed E-state index contributed by atoms with van der Waals surface area (Å²) in [7, 11) is -3.84. The SMILES string of the molecule is CC(=O)Nc1cccc(/C(C)=N/NC(=O)c2ccc(CN(Cc3ccccc3)S(=O)(=O)c3ccc(Cl)cc3)cc2)c1. The average Bonchev–Trinajstić information content (AvgIpc) is 2.96. The topological polar surface area (TPSA) is 108 Å². The Hall–Kier alpha value is -4.31. The highest BCUT2D eigenvalue weighted by Crippen LogP contribution is 2.23. The molecule has 0 bridgehead atoms. The number of carbonyl (C=O) groups excluding carboxylic acids is 2. The highest BCUT2D eigenvalue weighted by Gasteiger charge is 2.25. The van der Waals surface area contributed by atoms with Crippen LogP contribution in [0.1, 0.15) is 40.9 Å². The molecule has 210 valence electrons. The highest BCUT2D eigenvalue weighted by atomic mass is 35.5. The van der Waals surface area contributed by atoms with Crippen molar-refractivity contribution < 1.29 is 18.0 Å². The van der Waals surface area contributed by atoms with E-state index in [4.69, 9.17) is 11.6 Å². The summed E-state index contributed by atoms with van der Waals surface area (Å²) < 4.78 is 28.5. The van der Waals surface area contributed by atoms with Crippen LogP contribution in [0.3, 0.4) is 0 Å². The maximum absolute atomic E-state index is 13.6. The second-order valence-electron chi connectivity index (χ2n) is 9.31. The van der Waals surface area contributed by atoms with Crippen LogP contribution in [-0.4, -0.2) is 30.2 Å². The Kier molecular flexibility index (Phi) is 9.67. The molecule has 4 aromatic rings. The molecule has 0 saturated carbocycles. The summed E-state index contributed by atoms with van der Waals surface area (Å²) in [6.07, 6.45) is 0. The van der Waals surface area contributed by atoms with Crippen LogP contribution >= 0.6 is 11.6 Å². The smallest absolute Gasteiger partial charge is 0.271 e. The summed E-state index contributed by atoms with van der Waals surface area (Å²) in [5, 5.41) is 7.35. The molecular weight excluding hydrogens is 560 g/mol. The van der Waals surface area contributed by atoms with Crippen LogP contribution in [0, 0.1) is 0 Å². The summed E-state index contributed by atoms with van der Waals surface area (Å²) in [4.78, 5) is 24.2. The van der Waals surface area contributed by atoms with E-state index in [0.29, 0.717) is 27.5 Å². The first-order valence-corrected chi connectivity index (χ1v) is 14.5. The van der Waals surface area contributed by atoms with Crippen LogP contribution in [0.4, 0.5) is 5.69 Å². The molecule has 0 aliphatic carbocycles. The summed E-state index contributed by atoms with van der Waals surface area (Å²) in [6.45, 7) is 3.45. The lowest BCUT2D eigenvalue weighted by atomic mass is 10.1. The molecule has 4 aromatic carbocycles. The van der Waals surface area contributed by atoms with Gasteiger partial charge in [0.1, 0.15) is 0 Å². The van der Waals surface area contributed by atoms with E-state index in [0.717, 1.165) is 11.1 Å². The molecule has 0 unspecified atom stereocenters. The Morgan fingerprint density at radius 2 is 1.41 bits per heavy atom. The Morgan fingerprint density at radius 1 is 0.780 bits per heavy atom. The molecule has 0 aliphatic heterocycles. The van der Waals surface area contributed by atoms with Crippen LogP contribution in [-0.2, 0) is 27.9 Å². The molecule has 0 aromatic heterocycles. The first kappa shape index (κ1) is 29.7. The Morgan fingerprint density at radius 3 is 2.05 bits per heavy atom. The third-order valence-electron chi connectivity index (χ3n) is 6.15. The van der Waals surface area contributed by atoms with Crippen molar-refractivity contribution >= 4 is 44.8 Å². The van der Waals surface area contributed by atoms with Gasteiger partial charge in [-0.1, -0.05) is 66.2 Å². The molecule has 0 heterocycles. The fraction of sp³-hybridized carbons (Fsp3) is 0.129. The van der Waals surface area contributed by atoms with E-state index in [9.17, 15) is 18.0 Å². The van der Waals surface area contributed by atoms with E-state index in [2.05, 4.69) is 15.8 Å². The Balaban J connectivity index is 1.48. The van der Waals surface area contributed by atoms with Crippen molar-refractivity contribution in [1.29, 1.82) is 0 Å². The van der Waals surface area contributed by atoms with E-state index < -0.39 is 15.9 Å². The number of sulfonamides is 1. The maximum atomic E-state index is 13.6. The number of carbonyl (C=O) groups is 2. The summed E-state index contributed by atoms with van der Waals surface area (Å²) in [5.74, 6) is -0.594. The van der Waals surface area contributed by atoms with Gasteiger partial charge >= 0.3 is 0 Å². The van der Waals surface area contributed by atoms with Crippen LogP contribution in [0.2, 0.25) is 5.02 Å². The fourth-order valence-electron chi connectivity index (χ4n) is 4.02. The van der Waals surface area contributed by atoms with E-state index in [1.807, 2.05) is 36.4 Å². The fourth-order valence-corrected chi connectivity index (χ4v) is 5.56. The van der Waals surface area contributed by atoms with Crippen molar-refractivity contribution in [3.05, 3.63) is 130 Å². The van der Waals surface area contributed by atoms with Gasteiger partial charge in [-0.3, -0.25) is 9.59 Å². The van der Waals surface area contributed by atoms with Gasteiger partial charge in [0.2, 0.25) is 15.9 Å². The van der Waals surface area contributed by atoms with Crippen LogP contribution in [0.15, 0.2) is 113 Å². The lowest BCUT2D eigenvalue weighted by molar-refractivity contribution is -0.114. The van der Waals surface area contributed by atoms with Gasteiger partial charge in [0.15, 0.2) is 0 Å². The molecule has 8 nitrogen and oxygen atoms in total. The minimum Gasteiger partial charge on any atom is -0.326 e. The van der Waals surface area contributed by atoms with Gasteiger partial charge in [-0.25, -0.2) is 13.8 Å². The van der Waals surface area contributed by atoms with Crippen molar-refractivity contribution in [3.8, 4) is 0 Å². The number of rotatable bonds is 10. The van der Waals surface area contributed by atoms with Crippen molar-refractivity contribution in [2.24, 2.45) is 5.10 Å². The van der Waals surface area contributed by atoms with E-state index in [1.54, 1.807) is 61.5 Å². The minimum atomic E-state index is -3.84. The molecule has 0 aliphatic rings. The molecule has 0 spiro atoms. The third-order valence-corrected chi connectivity index (χ3v) is 8.21. The number of hydrazone groups is 1. The van der Waals surface area contributed by atoms with Gasteiger partial charge in [0.25, 0.3) is 5.91 Å². The zero-order valence-corrected chi connectivity index (χ0v) is 24.1. The van der Waals surface area contributed by atoms with Crippen LogP contribution < -0.4 is 10.7 Å². The monoisotopic (exact) mass is 588 g/mol. The zero-order chi connectivity index (χ0) is 29.4. The Bertz CT molecular complexity index is 1660. The quantitative estimate of drug-likeness (QED) is 0.179. The molecule has 0 atom stereocenters. The molecule has 0 saturated heterocycles. The lowest BCUT2D eigenvalue weighted by Gasteiger charge is -2.23. The van der Waals surface area contributed by atoms with Crippen LogP contribution in [0.5, 0.6) is 0 Å². The molecular formula is C31H29ClN4O4S. The molecule has 41 heavy (non-hydrogen) atoms. The number of anilines is 1. The number of amides is 2. The minimum absolute atomic E-state index is 0.101. The second-order valence-corrected chi connectivity index (χ2v) is 11.7. The molecule has 10 heteroatoms.